The zero-order chi connectivity index (χ0) is 16.9. The van der Waals surface area contributed by atoms with Crippen LogP contribution < -0.4 is 4.90 Å². The standard InChI is InChI=1S/C18H25N3OS2/c1-20(2)16-5-3-4-15(12-16)17(22)21-9-6-14(7-10-21)13-24-18-19-8-11-23-18/h3-5,12,14H,6-11,13H2,1-2H3. The lowest BCUT2D eigenvalue weighted by Crippen LogP contribution is -2.39. The molecule has 1 saturated heterocycles. The van der Waals surface area contributed by atoms with E-state index in [1.165, 1.54) is 4.38 Å². The van der Waals surface area contributed by atoms with E-state index in [4.69, 9.17) is 0 Å². The molecule has 0 atom stereocenters. The molecule has 2 aliphatic rings. The predicted octanol–water partition coefficient (Wildman–Crippen LogP) is 3.44. The largest absolute Gasteiger partial charge is 0.378 e. The molecule has 3 rings (SSSR count). The van der Waals surface area contributed by atoms with Crippen molar-refractivity contribution >= 4 is 39.5 Å². The summed E-state index contributed by atoms with van der Waals surface area (Å²) in [5.74, 6) is 3.15. The Kier molecular flexibility index (Phi) is 6.11. The first-order chi connectivity index (χ1) is 11.6. The summed E-state index contributed by atoms with van der Waals surface area (Å²) in [4.78, 5) is 21.3. The van der Waals surface area contributed by atoms with Crippen LogP contribution in [0.25, 0.3) is 0 Å². The first kappa shape index (κ1) is 17.7. The summed E-state index contributed by atoms with van der Waals surface area (Å²) < 4.78 is 1.26. The number of thioether (sulfide) groups is 2. The van der Waals surface area contributed by atoms with Gasteiger partial charge in [-0.25, -0.2) is 0 Å². The Morgan fingerprint density at radius 1 is 1.38 bits per heavy atom. The van der Waals surface area contributed by atoms with Crippen molar-refractivity contribution in [2.24, 2.45) is 10.9 Å². The van der Waals surface area contributed by atoms with Gasteiger partial charge in [0.2, 0.25) is 0 Å². The Bertz CT molecular complexity index is 610. The first-order valence-corrected chi connectivity index (χ1v) is 10.5. The number of likely N-dealkylation sites (tertiary alicyclic amines) is 1. The van der Waals surface area contributed by atoms with Gasteiger partial charge in [-0.2, -0.15) is 0 Å². The molecule has 0 radical (unpaired) electrons. The number of piperidine rings is 1. The SMILES string of the molecule is CN(C)c1cccc(C(=O)N2CCC(CSC3=NCCS3)CC2)c1. The van der Waals surface area contributed by atoms with Crippen molar-refractivity contribution in [1.29, 1.82) is 0 Å². The van der Waals surface area contributed by atoms with Crippen molar-refractivity contribution in [2.45, 2.75) is 12.8 Å². The number of hydrogen-bond donors (Lipinski definition) is 0. The molecule has 1 aromatic carbocycles. The van der Waals surface area contributed by atoms with Gasteiger partial charge in [0.1, 0.15) is 4.38 Å². The molecule has 1 amide bonds. The maximum absolute atomic E-state index is 12.7. The third-order valence-corrected chi connectivity index (χ3v) is 7.00. The second-order valence-corrected chi connectivity index (χ2v) is 8.84. The summed E-state index contributed by atoms with van der Waals surface area (Å²) in [6, 6.07) is 7.91. The van der Waals surface area contributed by atoms with Crippen LogP contribution >= 0.6 is 23.5 Å². The zero-order valence-corrected chi connectivity index (χ0v) is 16.0. The molecule has 130 valence electrons. The van der Waals surface area contributed by atoms with E-state index in [1.54, 1.807) is 0 Å². The number of rotatable bonds is 4. The second-order valence-electron chi connectivity index (χ2n) is 6.49. The Labute approximate surface area is 153 Å². The van der Waals surface area contributed by atoms with Crippen molar-refractivity contribution in [3.63, 3.8) is 0 Å². The molecule has 0 bridgehead atoms. The highest BCUT2D eigenvalue weighted by atomic mass is 32.2. The van der Waals surface area contributed by atoms with E-state index in [0.29, 0.717) is 5.92 Å². The summed E-state index contributed by atoms with van der Waals surface area (Å²) in [6.45, 7) is 2.72. The maximum Gasteiger partial charge on any atom is 0.253 e. The second kappa shape index (κ2) is 8.30. The van der Waals surface area contributed by atoms with E-state index >= 15 is 0 Å². The van der Waals surface area contributed by atoms with Crippen molar-refractivity contribution in [2.75, 3.05) is 50.1 Å². The minimum atomic E-state index is 0.167. The van der Waals surface area contributed by atoms with Crippen LogP contribution in [0.4, 0.5) is 5.69 Å². The first-order valence-electron chi connectivity index (χ1n) is 8.50. The molecule has 6 heteroatoms. The third kappa shape index (κ3) is 4.48. The van der Waals surface area contributed by atoms with Crippen LogP contribution in [0, 0.1) is 5.92 Å². The van der Waals surface area contributed by atoms with E-state index in [0.717, 1.165) is 55.2 Å². The molecule has 24 heavy (non-hydrogen) atoms. The van der Waals surface area contributed by atoms with Gasteiger partial charge in [-0.1, -0.05) is 29.6 Å². The highest BCUT2D eigenvalue weighted by Crippen LogP contribution is 2.28. The number of carbonyl (C=O) groups is 1. The lowest BCUT2D eigenvalue weighted by molar-refractivity contribution is 0.0699. The van der Waals surface area contributed by atoms with Gasteiger partial charge >= 0.3 is 0 Å². The van der Waals surface area contributed by atoms with E-state index in [1.807, 2.05) is 71.7 Å². The summed E-state index contributed by atoms with van der Waals surface area (Å²) in [7, 11) is 4.00. The minimum absolute atomic E-state index is 0.167. The highest BCUT2D eigenvalue weighted by Gasteiger charge is 2.24. The Hall–Kier alpha value is -1.14. The van der Waals surface area contributed by atoms with Crippen LogP contribution in [0.15, 0.2) is 29.3 Å². The normalized spacial score (nSPS) is 18.6. The number of hydrogen-bond acceptors (Lipinski definition) is 5. The minimum Gasteiger partial charge on any atom is -0.378 e. The molecule has 0 aliphatic carbocycles. The van der Waals surface area contributed by atoms with Crippen molar-refractivity contribution < 1.29 is 4.79 Å². The van der Waals surface area contributed by atoms with E-state index in [-0.39, 0.29) is 5.91 Å². The van der Waals surface area contributed by atoms with Gasteiger partial charge in [-0.15, -0.1) is 0 Å². The van der Waals surface area contributed by atoms with E-state index in [2.05, 4.69) is 4.99 Å². The maximum atomic E-state index is 12.7. The molecule has 1 aromatic rings. The number of anilines is 1. The molecule has 1 fully saturated rings. The van der Waals surface area contributed by atoms with Gasteiger partial charge in [0.25, 0.3) is 5.91 Å². The Morgan fingerprint density at radius 2 is 2.17 bits per heavy atom. The lowest BCUT2D eigenvalue weighted by atomic mass is 9.98. The summed E-state index contributed by atoms with van der Waals surface area (Å²) in [5, 5.41) is 0. The molecular formula is C18H25N3OS2. The molecule has 0 N–H and O–H groups in total. The monoisotopic (exact) mass is 363 g/mol. The van der Waals surface area contributed by atoms with Crippen LogP contribution in [0.2, 0.25) is 0 Å². The molecule has 2 aliphatic heterocycles. The topological polar surface area (TPSA) is 35.9 Å². The summed E-state index contributed by atoms with van der Waals surface area (Å²) in [6.07, 6.45) is 2.20. The highest BCUT2D eigenvalue weighted by molar-refractivity contribution is 8.39. The molecule has 2 heterocycles. The number of aliphatic imine (C=N–C) groups is 1. The third-order valence-electron chi connectivity index (χ3n) is 4.51. The van der Waals surface area contributed by atoms with Crippen LogP contribution in [-0.4, -0.2) is 60.4 Å². The smallest absolute Gasteiger partial charge is 0.253 e. The summed E-state index contributed by atoms with van der Waals surface area (Å²) in [5.41, 5.74) is 1.87. The lowest BCUT2D eigenvalue weighted by Gasteiger charge is -2.32. The van der Waals surface area contributed by atoms with Gasteiger partial charge < -0.3 is 9.80 Å². The van der Waals surface area contributed by atoms with Gasteiger partial charge in [0.05, 0.1) is 6.54 Å². The molecule has 0 saturated carbocycles. The number of nitrogens with zero attached hydrogens (tertiary/aromatic N) is 3. The quantitative estimate of drug-likeness (QED) is 0.821. The molecule has 4 nitrogen and oxygen atoms in total. The number of amides is 1. The van der Waals surface area contributed by atoms with Gasteiger partial charge in [-0.3, -0.25) is 9.79 Å². The zero-order valence-electron chi connectivity index (χ0n) is 14.4. The summed E-state index contributed by atoms with van der Waals surface area (Å²) >= 11 is 3.79. The Balaban J connectivity index is 1.50. The van der Waals surface area contributed by atoms with E-state index in [9.17, 15) is 4.79 Å². The van der Waals surface area contributed by atoms with Crippen LogP contribution in [-0.2, 0) is 0 Å². The average molecular weight is 364 g/mol. The van der Waals surface area contributed by atoms with Crippen LogP contribution in [0.5, 0.6) is 0 Å². The van der Waals surface area contributed by atoms with Gasteiger partial charge in [0, 0.05) is 49.9 Å². The fourth-order valence-corrected chi connectivity index (χ4v) is 5.22. The molecular weight excluding hydrogens is 338 g/mol. The van der Waals surface area contributed by atoms with Crippen molar-refractivity contribution in [3.8, 4) is 0 Å². The fourth-order valence-electron chi connectivity index (χ4n) is 2.99. The average Bonchev–Trinajstić information content (AvgIpc) is 3.13. The van der Waals surface area contributed by atoms with Crippen LogP contribution in [0.3, 0.4) is 0 Å². The molecule has 0 spiro atoms. The predicted molar refractivity (Wildman–Crippen MR) is 107 cm³/mol. The van der Waals surface area contributed by atoms with E-state index < -0.39 is 0 Å². The molecule has 0 aromatic heterocycles. The van der Waals surface area contributed by atoms with Crippen LogP contribution in [0.1, 0.15) is 23.2 Å². The fraction of sp³-hybridized carbons (Fsp3) is 0.556. The number of benzene rings is 1. The van der Waals surface area contributed by atoms with Gasteiger partial charge in [0.15, 0.2) is 0 Å². The molecule has 0 unspecified atom stereocenters. The van der Waals surface area contributed by atoms with Crippen molar-refractivity contribution in [1.82, 2.24) is 4.90 Å². The number of carbonyl (C=O) groups excluding carboxylic acids is 1. The Morgan fingerprint density at radius 3 is 2.83 bits per heavy atom. The van der Waals surface area contributed by atoms with Gasteiger partial charge in [-0.05, 0) is 37.0 Å². The van der Waals surface area contributed by atoms with Crippen molar-refractivity contribution in [3.05, 3.63) is 29.8 Å².